The molecule has 0 saturated heterocycles. The fourth-order valence-corrected chi connectivity index (χ4v) is 3.77. The van der Waals surface area contributed by atoms with Crippen LogP contribution < -0.4 is 15.8 Å². The summed E-state index contributed by atoms with van der Waals surface area (Å²) in [6.45, 7) is 4.32. The molecule has 0 aliphatic heterocycles. The number of amidine groups is 1. The number of anilines is 1. The summed E-state index contributed by atoms with van der Waals surface area (Å²) in [6, 6.07) is 2.25. The highest BCUT2D eigenvalue weighted by molar-refractivity contribution is 8.15. The molecule has 11 heteroatoms. The van der Waals surface area contributed by atoms with Crippen molar-refractivity contribution in [1.82, 2.24) is 9.97 Å². The first kappa shape index (κ1) is 26.0. The average molecular weight is 478 g/mol. The molecule has 1 atom stereocenters. The molecule has 1 aromatic carbocycles. The van der Waals surface area contributed by atoms with E-state index in [1.807, 2.05) is 13.8 Å². The first-order valence-electron chi connectivity index (χ1n) is 9.88. The van der Waals surface area contributed by atoms with Gasteiger partial charge in [-0.1, -0.05) is 17.7 Å². The Morgan fingerprint density at radius 3 is 2.73 bits per heavy atom. The van der Waals surface area contributed by atoms with Gasteiger partial charge >= 0.3 is 0 Å². The van der Waals surface area contributed by atoms with Crippen LogP contribution in [0.15, 0.2) is 29.5 Å². The Labute approximate surface area is 195 Å². The molecule has 1 heterocycles. The SMILES string of the molecule is C#CCOc1cnc(C(=O)Nc2cc(F)c(F)c(C[C@](C)(COCC)SC(N)=NC)c2)cn1. The van der Waals surface area contributed by atoms with Crippen LogP contribution in [0.5, 0.6) is 5.88 Å². The van der Waals surface area contributed by atoms with Gasteiger partial charge in [-0.25, -0.2) is 18.7 Å². The summed E-state index contributed by atoms with van der Waals surface area (Å²) in [4.78, 5) is 24.3. The lowest BCUT2D eigenvalue weighted by molar-refractivity contribution is 0.102. The lowest BCUT2D eigenvalue weighted by Crippen LogP contribution is -2.34. The van der Waals surface area contributed by atoms with Gasteiger partial charge in [-0.2, -0.15) is 0 Å². The average Bonchev–Trinajstić information content (AvgIpc) is 2.79. The van der Waals surface area contributed by atoms with Crippen LogP contribution in [0.25, 0.3) is 0 Å². The van der Waals surface area contributed by atoms with Crippen LogP contribution >= 0.6 is 11.8 Å². The van der Waals surface area contributed by atoms with Crippen molar-refractivity contribution in [2.24, 2.45) is 10.7 Å². The van der Waals surface area contributed by atoms with E-state index in [4.69, 9.17) is 21.6 Å². The molecular formula is C22H25F2N5O3S. The van der Waals surface area contributed by atoms with E-state index in [9.17, 15) is 13.6 Å². The fourth-order valence-electron chi connectivity index (χ4n) is 2.80. The Balaban J connectivity index is 2.24. The molecule has 2 rings (SSSR count). The molecule has 0 spiro atoms. The molecule has 0 radical (unpaired) electrons. The topological polar surface area (TPSA) is 112 Å². The van der Waals surface area contributed by atoms with Gasteiger partial charge in [-0.3, -0.25) is 9.79 Å². The predicted octanol–water partition coefficient (Wildman–Crippen LogP) is 3.03. The van der Waals surface area contributed by atoms with Crippen molar-refractivity contribution in [3.63, 3.8) is 0 Å². The van der Waals surface area contributed by atoms with E-state index in [0.29, 0.717) is 6.61 Å². The van der Waals surface area contributed by atoms with Gasteiger partial charge in [0.15, 0.2) is 23.4 Å². The summed E-state index contributed by atoms with van der Waals surface area (Å²) >= 11 is 1.20. The van der Waals surface area contributed by atoms with Gasteiger partial charge in [0, 0.05) is 30.2 Å². The second kappa shape index (κ2) is 12.1. The van der Waals surface area contributed by atoms with Crippen molar-refractivity contribution in [3.05, 3.63) is 47.4 Å². The Morgan fingerprint density at radius 2 is 2.12 bits per heavy atom. The molecule has 33 heavy (non-hydrogen) atoms. The number of hydrogen-bond acceptors (Lipinski definition) is 7. The second-order valence-electron chi connectivity index (χ2n) is 7.05. The molecule has 8 nitrogen and oxygen atoms in total. The summed E-state index contributed by atoms with van der Waals surface area (Å²) in [5.74, 6) is -0.338. The van der Waals surface area contributed by atoms with Gasteiger partial charge in [0.2, 0.25) is 5.88 Å². The largest absolute Gasteiger partial charge is 0.463 e. The Kier molecular flexibility index (Phi) is 9.57. The van der Waals surface area contributed by atoms with Gasteiger partial charge in [-0.05, 0) is 31.9 Å². The Bertz CT molecular complexity index is 1040. The molecule has 0 unspecified atom stereocenters. The molecule has 176 valence electrons. The number of rotatable bonds is 10. The van der Waals surface area contributed by atoms with Crippen molar-refractivity contribution >= 4 is 28.5 Å². The third-order valence-electron chi connectivity index (χ3n) is 4.27. The van der Waals surface area contributed by atoms with E-state index in [1.54, 1.807) is 0 Å². The first-order valence-corrected chi connectivity index (χ1v) is 10.7. The van der Waals surface area contributed by atoms with Crippen LogP contribution in [0, 0.1) is 24.0 Å². The van der Waals surface area contributed by atoms with Crippen molar-refractivity contribution < 1.29 is 23.0 Å². The number of aromatic nitrogens is 2. The highest BCUT2D eigenvalue weighted by atomic mass is 32.2. The number of carbonyl (C=O) groups is 1. The van der Waals surface area contributed by atoms with Crippen LogP contribution in [0.4, 0.5) is 14.5 Å². The van der Waals surface area contributed by atoms with Crippen LogP contribution in [-0.4, -0.2) is 52.7 Å². The van der Waals surface area contributed by atoms with Crippen molar-refractivity contribution in [2.45, 2.75) is 25.0 Å². The molecule has 0 aliphatic carbocycles. The number of carbonyl (C=O) groups excluding carboxylic acids is 1. The maximum atomic E-state index is 14.6. The van der Waals surface area contributed by atoms with Gasteiger partial charge in [0.1, 0.15) is 5.69 Å². The quantitative estimate of drug-likeness (QED) is 0.307. The number of amides is 1. The second-order valence-corrected chi connectivity index (χ2v) is 8.65. The number of nitrogens with two attached hydrogens (primary N) is 1. The summed E-state index contributed by atoms with van der Waals surface area (Å²) in [7, 11) is 1.54. The van der Waals surface area contributed by atoms with Crippen molar-refractivity contribution in [2.75, 3.05) is 32.2 Å². The zero-order chi connectivity index (χ0) is 24.4. The molecule has 0 saturated carbocycles. The number of thioether (sulfide) groups is 1. The highest BCUT2D eigenvalue weighted by Crippen LogP contribution is 2.32. The maximum Gasteiger partial charge on any atom is 0.275 e. The number of ether oxygens (including phenoxy) is 2. The van der Waals surface area contributed by atoms with E-state index < -0.39 is 22.3 Å². The van der Waals surface area contributed by atoms with Gasteiger partial charge in [0.25, 0.3) is 5.91 Å². The smallest absolute Gasteiger partial charge is 0.275 e. The fraction of sp³-hybridized carbons (Fsp3) is 0.364. The van der Waals surface area contributed by atoms with E-state index in [-0.39, 0.29) is 47.6 Å². The number of terminal acetylenes is 1. The maximum absolute atomic E-state index is 14.6. The minimum absolute atomic E-state index is 0.00805. The minimum Gasteiger partial charge on any atom is -0.463 e. The number of halogens is 2. The van der Waals surface area contributed by atoms with Gasteiger partial charge < -0.3 is 20.5 Å². The lowest BCUT2D eigenvalue weighted by atomic mass is 9.99. The molecule has 1 aromatic heterocycles. The van der Waals surface area contributed by atoms with E-state index in [1.165, 1.54) is 37.3 Å². The van der Waals surface area contributed by atoms with Crippen LogP contribution in [0.3, 0.4) is 0 Å². The van der Waals surface area contributed by atoms with Gasteiger partial charge in [-0.15, -0.1) is 6.42 Å². The number of nitrogens with one attached hydrogen (secondary N) is 1. The van der Waals surface area contributed by atoms with Crippen molar-refractivity contribution in [3.8, 4) is 18.2 Å². The molecule has 0 bridgehead atoms. The van der Waals surface area contributed by atoms with E-state index in [0.717, 1.165) is 6.07 Å². The number of benzene rings is 1. The standard InChI is InChI=1S/C22H25F2N5O3S/c1-5-7-32-18-12-27-17(11-28-18)20(30)29-15-8-14(19(24)16(23)9-15)10-22(3,13-31-6-2)33-21(25)26-4/h1,8-9,11-12H,6-7,10,13H2,2-4H3,(H2,25,26)(H,29,30)/t22-/m1/s1. The van der Waals surface area contributed by atoms with E-state index in [2.05, 4.69) is 26.2 Å². The van der Waals surface area contributed by atoms with Gasteiger partial charge in [0.05, 0.1) is 19.0 Å². The zero-order valence-electron chi connectivity index (χ0n) is 18.5. The number of hydrogen-bond donors (Lipinski definition) is 2. The summed E-state index contributed by atoms with van der Waals surface area (Å²) < 4.78 is 38.8. The zero-order valence-corrected chi connectivity index (χ0v) is 19.3. The van der Waals surface area contributed by atoms with Crippen LogP contribution in [-0.2, 0) is 11.2 Å². The summed E-state index contributed by atoms with van der Waals surface area (Å²) in [6.07, 6.45) is 7.59. The molecule has 1 amide bonds. The lowest BCUT2D eigenvalue weighted by Gasteiger charge is -2.28. The molecule has 3 N–H and O–H groups in total. The van der Waals surface area contributed by atoms with E-state index >= 15 is 0 Å². The highest BCUT2D eigenvalue weighted by Gasteiger charge is 2.30. The van der Waals surface area contributed by atoms with Crippen molar-refractivity contribution in [1.29, 1.82) is 0 Å². The molecule has 2 aromatic rings. The normalized spacial score (nSPS) is 13.2. The van der Waals surface area contributed by atoms with Crippen LogP contribution in [0.1, 0.15) is 29.9 Å². The summed E-state index contributed by atoms with van der Waals surface area (Å²) in [5, 5.41) is 2.79. The Morgan fingerprint density at radius 1 is 1.36 bits per heavy atom. The molecule has 0 fully saturated rings. The molecular weight excluding hydrogens is 452 g/mol. The third-order valence-corrected chi connectivity index (χ3v) is 5.42. The third kappa shape index (κ3) is 7.69. The predicted molar refractivity (Wildman–Crippen MR) is 124 cm³/mol. The minimum atomic E-state index is -1.10. The monoisotopic (exact) mass is 477 g/mol. The molecule has 0 aliphatic rings. The Hall–Kier alpha value is -3.23. The summed E-state index contributed by atoms with van der Waals surface area (Å²) in [5.41, 5.74) is 5.92. The van der Waals surface area contributed by atoms with Crippen LogP contribution in [0.2, 0.25) is 0 Å². The first-order chi connectivity index (χ1) is 15.7. The number of nitrogens with zero attached hydrogens (tertiary/aromatic N) is 3. The number of aliphatic imine (C=N–C) groups is 1.